The molecule has 0 atom stereocenters. The van der Waals surface area contributed by atoms with Gasteiger partial charge >= 0.3 is 0 Å². The highest BCUT2D eigenvalue weighted by Gasteiger charge is 2.19. The molecule has 0 radical (unpaired) electrons. The van der Waals surface area contributed by atoms with Gasteiger partial charge in [-0.2, -0.15) is 0 Å². The number of benzene rings is 2. The van der Waals surface area contributed by atoms with Crippen molar-refractivity contribution in [3.8, 4) is 0 Å². The summed E-state index contributed by atoms with van der Waals surface area (Å²) >= 11 is 1.32. The maximum atomic E-state index is 12.7. The van der Waals surface area contributed by atoms with E-state index in [4.69, 9.17) is 0 Å². The molecule has 1 aromatic heterocycles. The highest BCUT2D eigenvalue weighted by molar-refractivity contribution is 7.89. The maximum Gasteiger partial charge on any atom is 0.257 e. The number of thiazole rings is 1. The quantitative estimate of drug-likeness (QED) is 0.662. The second-order valence-electron chi connectivity index (χ2n) is 6.04. The monoisotopic (exact) mass is 401 g/mol. The summed E-state index contributed by atoms with van der Waals surface area (Å²) in [6.07, 6.45) is 0. The molecule has 3 rings (SSSR count). The minimum absolute atomic E-state index is 0.0846. The molecule has 0 saturated carbocycles. The van der Waals surface area contributed by atoms with Crippen LogP contribution in [-0.4, -0.2) is 19.3 Å². The number of carbonyl (C=O) groups is 1. The van der Waals surface area contributed by atoms with Crippen molar-refractivity contribution in [2.24, 2.45) is 0 Å². The van der Waals surface area contributed by atoms with E-state index < -0.39 is 15.9 Å². The second-order valence-corrected chi connectivity index (χ2v) is 8.63. The number of sulfonamides is 1. The van der Waals surface area contributed by atoms with Crippen LogP contribution in [0.2, 0.25) is 0 Å². The van der Waals surface area contributed by atoms with Crippen molar-refractivity contribution in [1.29, 1.82) is 0 Å². The third kappa shape index (κ3) is 4.79. The molecule has 3 aromatic rings. The van der Waals surface area contributed by atoms with Crippen molar-refractivity contribution in [2.75, 3.05) is 5.32 Å². The van der Waals surface area contributed by atoms with Gasteiger partial charge in [0.15, 0.2) is 5.13 Å². The fourth-order valence-electron chi connectivity index (χ4n) is 2.46. The number of rotatable bonds is 6. The van der Waals surface area contributed by atoms with Crippen LogP contribution in [0.5, 0.6) is 0 Å². The molecule has 1 heterocycles. The topological polar surface area (TPSA) is 88.2 Å². The average molecular weight is 402 g/mol. The lowest BCUT2D eigenvalue weighted by molar-refractivity contribution is 0.102. The van der Waals surface area contributed by atoms with Crippen LogP contribution in [0.15, 0.2) is 58.8 Å². The predicted octanol–water partition coefficient (Wildman–Crippen LogP) is 3.49. The molecular weight excluding hydrogens is 382 g/mol. The Bertz CT molecular complexity index is 1060. The summed E-state index contributed by atoms with van der Waals surface area (Å²) in [5.74, 6) is -0.399. The Morgan fingerprint density at radius 3 is 2.52 bits per heavy atom. The third-order valence-electron chi connectivity index (χ3n) is 3.89. The van der Waals surface area contributed by atoms with Crippen LogP contribution in [0.1, 0.15) is 27.2 Å². The van der Waals surface area contributed by atoms with Crippen molar-refractivity contribution >= 4 is 32.4 Å². The smallest absolute Gasteiger partial charge is 0.257 e. The van der Waals surface area contributed by atoms with Crippen LogP contribution in [0, 0.1) is 13.8 Å². The molecule has 6 nitrogen and oxygen atoms in total. The average Bonchev–Trinajstić information content (AvgIpc) is 3.06. The van der Waals surface area contributed by atoms with Gasteiger partial charge in [-0.3, -0.25) is 10.1 Å². The van der Waals surface area contributed by atoms with Gasteiger partial charge in [-0.05, 0) is 37.1 Å². The summed E-state index contributed by atoms with van der Waals surface area (Å²) in [5.41, 5.74) is 2.49. The minimum atomic E-state index is -3.76. The Morgan fingerprint density at radius 2 is 1.85 bits per heavy atom. The number of anilines is 1. The van der Waals surface area contributed by atoms with E-state index in [2.05, 4.69) is 15.0 Å². The van der Waals surface area contributed by atoms with Gasteiger partial charge in [0, 0.05) is 17.5 Å². The molecule has 2 aromatic carbocycles. The molecule has 140 valence electrons. The normalized spacial score (nSPS) is 11.3. The Labute approximate surface area is 162 Å². The Kier molecular flexibility index (Phi) is 5.69. The van der Waals surface area contributed by atoms with Gasteiger partial charge < -0.3 is 0 Å². The number of amides is 1. The summed E-state index contributed by atoms with van der Waals surface area (Å²) in [6, 6.07) is 13.9. The number of carbonyl (C=O) groups excluding carboxylic acids is 1. The van der Waals surface area contributed by atoms with Gasteiger partial charge in [-0.1, -0.05) is 36.4 Å². The first-order valence-electron chi connectivity index (χ1n) is 8.23. The van der Waals surface area contributed by atoms with Gasteiger partial charge in [0.1, 0.15) is 0 Å². The van der Waals surface area contributed by atoms with E-state index in [0.29, 0.717) is 10.7 Å². The Hall–Kier alpha value is -2.55. The Balaban J connectivity index is 1.80. The van der Waals surface area contributed by atoms with Crippen LogP contribution >= 0.6 is 11.3 Å². The predicted molar refractivity (Wildman–Crippen MR) is 106 cm³/mol. The molecule has 1 amide bonds. The molecule has 2 N–H and O–H groups in total. The van der Waals surface area contributed by atoms with Gasteiger partial charge in [0.25, 0.3) is 5.91 Å². The molecule has 27 heavy (non-hydrogen) atoms. The fraction of sp³-hybridized carbons (Fsp3) is 0.158. The van der Waals surface area contributed by atoms with E-state index in [1.165, 1.54) is 17.4 Å². The lowest BCUT2D eigenvalue weighted by Gasteiger charge is -2.11. The van der Waals surface area contributed by atoms with Crippen molar-refractivity contribution in [2.45, 2.75) is 25.3 Å². The number of hydrogen-bond acceptors (Lipinski definition) is 5. The first-order chi connectivity index (χ1) is 12.8. The zero-order valence-electron chi connectivity index (χ0n) is 14.9. The lowest BCUT2D eigenvalue weighted by atomic mass is 10.1. The second kappa shape index (κ2) is 7.99. The van der Waals surface area contributed by atoms with E-state index in [9.17, 15) is 13.2 Å². The van der Waals surface area contributed by atoms with Crippen molar-refractivity contribution < 1.29 is 13.2 Å². The SMILES string of the molecule is Cc1csc(NC(=O)c2ccc(C)c(S(=O)(=O)NCc3ccccc3)c2)n1. The summed E-state index contributed by atoms with van der Waals surface area (Å²) in [5, 5.41) is 4.99. The number of hydrogen-bond donors (Lipinski definition) is 2. The summed E-state index contributed by atoms with van der Waals surface area (Å²) in [4.78, 5) is 16.7. The molecule has 0 aliphatic carbocycles. The van der Waals surface area contributed by atoms with E-state index in [1.54, 1.807) is 19.1 Å². The van der Waals surface area contributed by atoms with E-state index in [0.717, 1.165) is 11.3 Å². The van der Waals surface area contributed by atoms with Crippen LogP contribution in [0.3, 0.4) is 0 Å². The Morgan fingerprint density at radius 1 is 1.11 bits per heavy atom. The van der Waals surface area contributed by atoms with Gasteiger partial charge in [0.05, 0.1) is 10.6 Å². The highest BCUT2D eigenvalue weighted by atomic mass is 32.2. The largest absolute Gasteiger partial charge is 0.298 e. The number of aromatic nitrogens is 1. The first kappa shape index (κ1) is 19.2. The third-order valence-corrected chi connectivity index (χ3v) is 6.31. The van der Waals surface area contributed by atoms with Crippen molar-refractivity contribution in [1.82, 2.24) is 9.71 Å². The standard InChI is InChI=1S/C19H19N3O3S2/c1-13-8-9-16(18(23)22-19-21-14(2)12-26-19)10-17(13)27(24,25)20-11-15-6-4-3-5-7-15/h3-10,12,20H,11H2,1-2H3,(H,21,22,23). The lowest BCUT2D eigenvalue weighted by Crippen LogP contribution is -2.24. The molecule has 0 fully saturated rings. The molecule has 0 aliphatic heterocycles. The van der Waals surface area contributed by atoms with Crippen LogP contribution < -0.4 is 10.0 Å². The number of aryl methyl sites for hydroxylation is 2. The summed E-state index contributed by atoms with van der Waals surface area (Å²) in [7, 11) is -3.76. The minimum Gasteiger partial charge on any atom is -0.298 e. The van der Waals surface area contributed by atoms with E-state index in [-0.39, 0.29) is 17.0 Å². The zero-order valence-corrected chi connectivity index (χ0v) is 16.5. The molecule has 8 heteroatoms. The van der Waals surface area contributed by atoms with Crippen LogP contribution in [-0.2, 0) is 16.6 Å². The molecule has 0 unspecified atom stereocenters. The van der Waals surface area contributed by atoms with Crippen LogP contribution in [0.4, 0.5) is 5.13 Å². The van der Waals surface area contributed by atoms with E-state index in [1.807, 2.05) is 42.6 Å². The van der Waals surface area contributed by atoms with Crippen molar-refractivity contribution in [3.63, 3.8) is 0 Å². The van der Waals surface area contributed by atoms with E-state index >= 15 is 0 Å². The summed E-state index contributed by atoms with van der Waals surface area (Å²) < 4.78 is 28.0. The van der Waals surface area contributed by atoms with Crippen molar-refractivity contribution in [3.05, 3.63) is 76.3 Å². The maximum absolute atomic E-state index is 12.7. The molecule has 0 saturated heterocycles. The molecular formula is C19H19N3O3S2. The number of nitrogens with zero attached hydrogens (tertiary/aromatic N) is 1. The van der Waals surface area contributed by atoms with Crippen LogP contribution in [0.25, 0.3) is 0 Å². The number of nitrogens with one attached hydrogen (secondary N) is 2. The molecule has 0 aliphatic rings. The first-order valence-corrected chi connectivity index (χ1v) is 10.6. The molecule has 0 spiro atoms. The summed E-state index contributed by atoms with van der Waals surface area (Å²) in [6.45, 7) is 3.71. The van der Waals surface area contributed by atoms with Gasteiger partial charge in [-0.15, -0.1) is 11.3 Å². The zero-order chi connectivity index (χ0) is 19.4. The van der Waals surface area contributed by atoms with Gasteiger partial charge in [0.2, 0.25) is 10.0 Å². The van der Waals surface area contributed by atoms with Gasteiger partial charge in [-0.25, -0.2) is 18.1 Å². The molecule has 0 bridgehead atoms. The fourth-order valence-corrected chi connectivity index (χ4v) is 4.43. The highest BCUT2D eigenvalue weighted by Crippen LogP contribution is 2.20.